The number of amides is 1. The van der Waals surface area contributed by atoms with Gasteiger partial charge >= 0.3 is 0 Å². The molecule has 22 heavy (non-hydrogen) atoms. The zero-order valence-corrected chi connectivity index (χ0v) is 13.0. The topological polar surface area (TPSA) is 50.7 Å². The quantitative estimate of drug-likeness (QED) is 0.649. The van der Waals surface area contributed by atoms with Gasteiger partial charge in [0.25, 0.3) is 5.91 Å². The second kappa shape index (κ2) is 8.20. The van der Waals surface area contributed by atoms with E-state index in [-0.39, 0.29) is 5.91 Å². The number of halogens is 1. The van der Waals surface area contributed by atoms with E-state index < -0.39 is 0 Å². The number of benzene rings is 2. The summed E-state index contributed by atoms with van der Waals surface area (Å²) in [4.78, 5) is 11.8. The number of hydrazone groups is 1. The molecule has 4 nitrogen and oxygen atoms in total. The van der Waals surface area contributed by atoms with Crippen LogP contribution < -0.4 is 10.2 Å². The van der Waals surface area contributed by atoms with Crippen LogP contribution in [0.2, 0.25) is 5.02 Å². The van der Waals surface area contributed by atoms with Gasteiger partial charge in [0.15, 0.2) is 0 Å². The molecule has 0 aromatic heterocycles. The molecule has 2 aromatic carbocycles. The van der Waals surface area contributed by atoms with Crippen LogP contribution in [0.5, 0.6) is 5.75 Å². The molecule has 0 saturated carbocycles. The average Bonchev–Trinajstić information content (AvgIpc) is 2.54. The third-order valence-electron chi connectivity index (χ3n) is 2.84. The number of carbonyl (C=O) groups excluding carboxylic acids is 1. The zero-order chi connectivity index (χ0) is 15.8. The van der Waals surface area contributed by atoms with Crippen LogP contribution in [0, 0.1) is 0 Å². The highest BCUT2D eigenvalue weighted by molar-refractivity contribution is 6.30. The number of rotatable bonds is 6. The van der Waals surface area contributed by atoms with Gasteiger partial charge < -0.3 is 4.74 Å². The van der Waals surface area contributed by atoms with E-state index in [1.165, 1.54) is 0 Å². The molecule has 0 fully saturated rings. The molecule has 0 saturated heterocycles. The van der Waals surface area contributed by atoms with Crippen molar-refractivity contribution in [2.75, 3.05) is 6.61 Å². The van der Waals surface area contributed by atoms with E-state index in [1.54, 1.807) is 30.5 Å². The number of nitrogens with zero attached hydrogens (tertiary/aromatic N) is 1. The first-order chi connectivity index (χ1) is 10.7. The monoisotopic (exact) mass is 316 g/mol. The molecule has 1 amide bonds. The SMILES string of the molecule is CCCOc1ccc(/C=N/NC(=O)c2ccc(Cl)cc2)cc1. The first-order valence-corrected chi connectivity index (χ1v) is 7.38. The van der Waals surface area contributed by atoms with E-state index in [1.807, 2.05) is 24.3 Å². The summed E-state index contributed by atoms with van der Waals surface area (Å²) in [6.07, 6.45) is 2.55. The van der Waals surface area contributed by atoms with Crippen molar-refractivity contribution in [3.63, 3.8) is 0 Å². The fourth-order valence-corrected chi connectivity index (χ4v) is 1.83. The fourth-order valence-electron chi connectivity index (χ4n) is 1.70. The van der Waals surface area contributed by atoms with Crippen LogP contribution in [-0.4, -0.2) is 18.7 Å². The number of hydrogen-bond acceptors (Lipinski definition) is 3. The van der Waals surface area contributed by atoms with E-state index in [4.69, 9.17) is 16.3 Å². The van der Waals surface area contributed by atoms with E-state index >= 15 is 0 Å². The van der Waals surface area contributed by atoms with Crippen molar-refractivity contribution in [3.05, 3.63) is 64.7 Å². The zero-order valence-electron chi connectivity index (χ0n) is 12.3. The van der Waals surface area contributed by atoms with Gasteiger partial charge in [0, 0.05) is 10.6 Å². The highest BCUT2D eigenvalue weighted by Gasteiger charge is 2.02. The van der Waals surface area contributed by atoms with Gasteiger partial charge in [-0.15, -0.1) is 0 Å². The van der Waals surface area contributed by atoms with Crippen molar-refractivity contribution < 1.29 is 9.53 Å². The van der Waals surface area contributed by atoms with Gasteiger partial charge in [-0.2, -0.15) is 5.10 Å². The summed E-state index contributed by atoms with van der Waals surface area (Å²) in [5.41, 5.74) is 3.85. The third-order valence-corrected chi connectivity index (χ3v) is 3.09. The van der Waals surface area contributed by atoms with Crippen LogP contribution >= 0.6 is 11.6 Å². The smallest absolute Gasteiger partial charge is 0.271 e. The lowest BCUT2D eigenvalue weighted by atomic mass is 10.2. The lowest BCUT2D eigenvalue weighted by Gasteiger charge is -2.04. The second-order valence-corrected chi connectivity index (χ2v) is 5.06. The maximum Gasteiger partial charge on any atom is 0.271 e. The summed E-state index contributed by atoms with van der Waals surface area (Å²) in [5, 5.41) is 4.52. The minimum atomic E-state index is -0.282. The predicted molar refractivity (Wildman–Crippen MR) is 88.7 cm³/mol. The first-order valence-electron chi connectivity index (χ1n) is 7.01. The van der Waals surface area contributed by atoms with Gasteiger partial charge in [-0.05, 0) is 60.5 Å². The Balaban J connectivity index is 1.89. The van der Waals surface area contributed by atoms with Crippen LogP contribution in [0.3, 0.4) is 0 Å². The minimum absolute atomic E-state index is 0.282. The second-order valence-electron chi connectivity index (χ2n) is 4.62. The molecule has 0 spiro atoms. The van der Waals surface area contributed by atoms with Crippen molar-refractivity contribution in [2.24, 2.45) is 5.10 Å². The Morgan fingerprint density at radius 3 is 2.50 bits per heavy atom. The van der Waals surface area contributed by atoms with Gasteiger partial charge in [-0.25, -0.2) is 5.43 Å². The van der Waals surface area contributed by atoms with Crippen LogP contribution in [-0.2, 0) is 0 Å². The maximum atomic E-state index is 11.8. The molecule has 0 aliphatic heterocycles. The molecule has 1 N–H and O–H groups in total. The molecule has 0 atom stereocenters. The first kappa shape index (κ1) is 16.0. The maximum absolute atomic E-state index is 11.8. The molecular weight excluding hydrogens is 300 g/mol. The molecule has 114 valence electrons. The van der Waals surface area contributed by atoms with Crippen molar-refractivity contribution in [1.82, 2.24) is 5.43 Å². The molecule has 5 heteroatoms. The van der Waals surface area contributed by atoms with Gasteiger partial charge in [0.05, 0.1) is 12.8 Å². The van der Waals surface area contributed by atoms with Crippen LogP contribution in [0.25, 0.3) is 0 Å². The van der Waals surface area contributed by atoms with E-state index in [0.717, 1.165) is 17.7 Å². The third kappa shape index (κ3) is 4.90. The van der Waals surface area contributed by atoms with Crippen molar-refractivity contribution in [3.8, 4) is 5.75 Å². The molecule has 2 aromatic rings. The Morgan fingerprint density at radius 2 is 1.86 bits per heavy atom. The number of ether oxygens (including phenoxy) is 1. The Morgan fingerprint density at radius 1 is 1.18 bits per heavy atom. The van der Waals surface area contributed by atoms with Gasteiger partial charge in [-0.3, -0.25) is 4.79 Å². The van der Waals surface area contributed by atoms with Crippen molar-refractivity contribution in [2.45, 2.75) is 13.3 Å². The molecule has 0 unspecified atom stereocenters. The molecule has 0 bridgehead atoms. The lowest BCUT2D eigenvalue weighted by Crippen LogP contribution is -2.17. The Hall–Kier alpha value is -2.33. The van der Waals surface area contributed by atoms with E-state index in [9.17, 15) is 4.79 Å². The predicted octanol–water partition coefficient (Wildman–Crippen LogP) is 3.89. The summed E-state index contributed by atoms with van der Waals surface area (Å²) in [7, 11) is 0. The van der Waals surface area contributed by atoms with Crippen LogP contribution in [0.15, 0.2) is 53.6 Å². The Bertz CT molecular complexity index is 637. The van der Waals surface area contributed by atoms with Crippen LogP contribution in [0.1, 0.15) is 29.3 Å². The van der Waals surface area contributed by atoms with Crippen molar-refractivity contribution >= 4 is 23.7 Å². The summed E-state index contributed by atoms with van der Waals surface area (Å²) < 4.78 is 5.50. The van der Waals surface area contributed by atoms with Gasteiger partial charge in [0.1, 0.15) is 5.75 Å². The van der Waals surface area contributed by atoms with Crippen molar-refractivity contribution in [1.29, 1.82) is 0 Å². The fraction of sp³-hybridized carbons (Fsp3) is 0.176. The average molecular weight is 317 g/mol. The van der Waals surface area contributed by atoms with E-state index in [0.29, 0.717) is 17.2 Å². The summed E-state index contributed by atoms with van der Waals surface area (Å²) in [5.74, 6) is 0.542. The normalized spacial score (nSPS) is 10.6. The highest BCUT2D eigenvalue weighted by atomic mass is 35.5. The Kier molecular flexibility index (Phi) is 5.98. The summed E-state index contributed by atoms with van der Waals surface area (Å²) >= 11 is 5.77. The summed E-state index contributed by atoms with van der Waals surface area (Å²) in [6, 6.07) is 14.1. The molecule has 0 aliphatic rings. The van der Waals surface area contributed by atoms with Gasteiger partial charge in [-0.1, -0.05) is 18.5 Å². The molecular formula is C17H17ClN2O2. The lowest BCUT2D eigenvalue weighted by molar-refractivity contribution is 0.0955. The molecule has 0 heterocycles. The van der Waals surface area contributed by atoms with Crippen LogP contribution in [0.4, 0.5) is 0 Å². The van der Waals surface area contributed by atoms with E-state index in [2.05, 4.69) is 17.5 Å². The van der Waals surface area contributed by atoms with Gasteiger partial charge in [0.2, 0.25) is 0 Å². The minimum Gasteiger partial charge on any atom is -0.494 e. The molecule has 0 radical (unpaired) electrons. The number of hydrogen-bond donors (Lipinski definition) is 1. The highest BCUT2D eigenvalue weighted by Crippen LogP contribution is 2.11. The summed E-state index contributed by atoms with van der Waals surface area (Å²) in [6.45, 7) is 2.76. The number of carbonyl (C=O) groups is 1. The Labute approximate surface area is 134 Å². The standard InChI is InChI=1S/C17H17ClN2O2/c1-2-11-22-16-9-3-13(4-10-16)12-19-20-17(21)14-5-7-15(18)8-6-14/h3-10,12H,2,11H2,1H3,(H,20,21)/b19-12+. The molecule has 0 aliphatic carbocycles. The molecule has 2 rings (SSSR count). The number of nitrogens with one attached hydrogen (secondary N) is 1. The largest absolute Gasteiger partial charge is 0.494 e.